The zero-order valence-corrected chi connectivity index (χ0v) is 11.7. The number of methoxy groups -OCH3 is 1. The predicted octanol–water partition coefficient (Wildman–Crippen LogP) is 2.65. The fourth-order valence-corrected chi connectivity index (χ4v) is 2.39. The van der Waals surface area contributed by atoms with E-state index in [2.05, 4.69) is 44.3 Å². The van der Waals surface area contributed by atoms with Crippen molar-refractivity contribution in [2.75, 3.05) is 26.8 Å². The van der Waals surface area contributed by atoms with Crippen LogP contribution in [0.25, 0.3) is 0 Å². The van der Waals surface area contributed by atoms with Gasteiger partial charge in [-0.15, -0.1) is 0 Å². The van der Waals surface area contributed by atoms with Gasteiger partial charge in [0.15, 0.2) is 0 Å². The summed E-state index contributed by atoms with van der Waals surface area (Å²) in [6.07, 6.45) is 0.0935. The summed E-state index contributed by atoms with van der Waals surface area (Å²) in [6, 6.07) is 6.33. The maximum atomic E-state index is 5.83. The van der Waals surface area contributed by atoms with Gasteiger partial charge in [-0.3, -0.25) is 0 Å². The third-order valence-electron chi connectivity index (χ3n) is 3.33. The van der Waals surface area contributed by atoms with E-state index in [1.54, 1.807) is 7.11 Å². The molecular formula is C15H23NO2. The Hall–Kier alpha value is -1.06. The lowest BCUT2D eigenvalue weighted by Gasteiger charge is -2.29. The van der Waals surface area contributed by atoms with Crippen LogP contribution in [0.4, 0.5) is 0 Å². The molecule has 2 rings (SSSR count). The Morgan fingerprint density at radius 2 is 2.11 bits per heavy atom. The fourth-order valence-electron chi connectivity index (χ4n) is 2.39. The van der Waals surface area contributed by atoms with Gasteiger partial charge in [0.2, 0.25) is 0 Å². The molecule has 0 bridgehead atoms. The summed E-state index contributed by atoms with van der Waals surface area (Å²) in [5.41, 5.74) is 2.46. The van der Waals surface area contributed by atoms with Crippen LogP contribution in [0.3, 0.4) is 0 Å². The van der Waals surface area contributed by atoms with Crippen LogP contribution in [0.2, 0.25) is 0 Å². The lowest BCUT2D eigenvalue weighted by molar-refractivity contribution is 0.0261. The van der Waals surface area contributed by atoms with E-state index >= 15 is 0 Å². The molecule has 0 aromatic heterocycles. The molecule has 18 heavy (non-hydrogen) atoms. The number of morpholine rings is 1. The number of para-hydroxylation sites is 1. The van der Waals surface area contributed by atoms with Crippen molar-refractivity contribution in [3.8, 4) is 5.75 Å². The molecule has 1 unspecified atom stereocenters. The minimum Gasteiger partial charge on any atom is -0.496 e. The maximum absolute atomic E-state index is 5.83. The van der Waals surface area contributed by atoms with Crippen LogP contribution in [0.5, 0.6) is 5.75 Å². The van der Waals surface area contributed by atoms with Gasteiger partial charge >= 0.3 is 0 Å². The second-order valence-corrected chi connectivity index (χ2v) is 5.74. The van der Waals surface area contributed by atoms with Crippen LogP contribution >= 0.6 is 0 Å². The number of nitrogens with one attached hydrogen (secondary N) is 1. The monoisotopic (exact) mass is 249 g/mol. The van der Waals surface area contributed by atoms with Crippen molar-refractivity contribution < 1.29 is 9.47 Å². The molecule has 1 heterocycles. The number of benzene rings is 1. The quantitative estimate of drug-likeness (QED) is 0.874. The van der Waals surface area contributed by atoms with Crippen molar-refractivity contribution in [2.45, 2.75) is 32.3 Å². The Bertz CT molecular complexity index is 403. The molecule has 3 heteroatoms. The summed E-state index contributed by atoms with van der Waals surface area (Å²) in [4.78, 5) is 0. The van der Waals surface area contributed by atoms with E-state index in [4.69, 9.17) is 9.47 Å². The van der Waals surface area contributed by atoms with E-state index in [1.165, 1.54) is 5.56 Å². The third kappa shape index (κ3) is 2.68. The molecule has 0 aliphatic carbocycles. The SMILES string of the molecule is COc1c(C2CNCCO2)cccc1C(C)(C)C. The molecule has 100 valence electrons. The normalized spacial score (nSPS) is 20.8. The van der Waals surface area contributed by atoms with Crippen LogP contribution in [-0.2, 0) is 10.2 Å². The van der Waals surface area contributed by atoms with E-state index in [-0.39, 0.29) is 11.5 Å². The Labute approximate surface area is 109 Å². The Morgan fingerprint density at radius 1 is 1.33 bits per heavy atom. The number of rotatable bonds is 2. The standard InChI is InChI=1S/C15H23NO2/c1-15(2,3)12-7-5-6-11(14(12)17-4)13-10-16-8-9-18-13/h5-7,13,16H,8-10H2,1-4H3. The van der Waals surface area contributed by atoms with Gasteiger partial charge < -0.3 is 14.8 Å². The van der Waals surface area contributed by atoms with Crippen molar-refractivity contribution in [1.29, 1.82) is 0 Å². The predicted molar refractivity (Wildman–Crippen MR) is 73.3 cm³/mol. The van der Waals surface area contributed by atoms with Crippen LogP contribution in [0.15, 0.2) is 18.2 Å². The second kappa shape index (κ2) is 5.29. The van der Waals surface area contributed by atoms with Gasteiger partial charge in [0, 0.05) is 18.7 Å². The van der Waals surface area contributed by atoms with Crippen molar-refractivity contribution in [2.24, 2.45) is 0 Å². The first-order valence-corrected chi connectivity index (χ1v) is 6.53. The van der Waals surface area contributed by atoms with Crippen molar-refractivity contribution in [3.63, 3.8) is 0 Å². The van der Waals surface area contributed by atoms with Crippen molar-refractivity contribution >= 4 is 0 Å². The molecule has 0 spiro atoms. The topological polar surface area (TPSA) is 30.5 Å². The van der Waals surface area contributed by atoms with E-state index in [0.717, 1.165) is 31.0 Å². The molecule has 1 aliphatic heterocycles. The highest BCUT2D eigenvalue weighted by Crippen LogP contribution is 2.37. The summed E-state index contributed by atoms with van der Waals surface area (Å²) in [6.45, 7) is 9.15. The van der Waals surface area contributed by atoms with E-state index < -0.39 is 0 Å². The van der Waals surface area contributed by atoms with Gasteiger partial charge in [0.05, 0.1) is 19.8 Å². The van der Waals surface area contributed by atoms with Crippen molar-refractivity contribution in [1.82, 2.24) is 5.32 Å². The van der Waals surface area contributed by atoms with Gasteiger partial charge in [0.25, 0.3) is 0 Å². The molecule has 1 aromatic rings. The second-order valence-electron chi connectivity index (χ2n) is 5.74. The molecule has 0 radical (unpaired) electrons. The highest BCUT2D eigenvalue weighted by molar-refractivity contribution is 5.46. The number of hydrogen-bond acceptors (Lipinski definition) is 3. The van der Waals surface area contributed by atoms with Gasteiger partial charge in [0.1, 0.15) is 5.75 Å². The molecule has 1 fully saturated rings. The molecule has 0 amide bonds. The molecule has 1 N–H and O–H groups in total. The molecule has 1 atom stereocenters. The molecular weight excluding hydrogens is 226 g/mol. The summed E-state index contributed by atoms with van der Waals surface area (Å²) in [5, 5.41) is 3.36. The molecule has 0 saturated carbocycles. The molecule has 3 nitrogen and oxygen atoms in total. The fraction of sp³-hybridized carbons (Fsp3) is 0.600. The summed E-state index contributed by atoms with van der Waals surface area (Å²) >= 11 is 0. The smallest absolute Gasteiger partial charge is 0.128 e. The van der Waals surface area contributed by atoms with Gasteiger partial charge in [-0.25, -0.2) is 0 Å². The summed E-state index contributed by atoms with van der Waals surface area (Å²) in [7, 11) is 1.74. The lowest BCUT2D eigenvalue weighted by Crippen LogP contribution is -2.33. The van der Waals surface area contributed by atoms with Crippen LogP contribution in [0.1, 0.15) is 38.0 Å². The van der Waals surface area contributed by atoms with Crippen LogP contribution in [0, 0.1) is 0 Å². The van der Waals surface area contributed by atoms with Crippen LogP contribution in [-0.4, -0.2) is 26.8 Å². The first kappa shape index (κ1) is 13.4. The third-order valence-corrected chi connectivity index (χ3v) is 3.33. The van der Waals surface area contributed by atoms with Gasteiger partial charge in [-0.2, -0.15) is 0 Å². The van der Waals surface area contributed by atoms with Crippen molar-refractivity contribution in [3.05, 3.63) is 29.3 Å². The maximum Gasteiger partial charge on any atom is 0.128 e. The largest absolute Gasteiger partial charge is 0.496 e. The Kier molecular flexibility index (Phi) is 3.93. The summed E-state index contributed by atoms with van der Waals surface area (Å²) < 4.78 is 11.5. The zero-order valence-electron chi connectivity index (χ0n) is 11.7. The Balaban J connectivity index is 2.40. The number of hydrogen-bond donors (Lipinski definition) is 1. The minimum absolute atomic E-state index is 0.0729. The zero-order chi connectivity index (χ0) is 13.2. The first-order chi connectivity index (χ1) is 8.54. The highest BCUT2D eigenvalue weighted by Gasteiger charge is 2.25. The van der Waals surface area contributed by atoms with E-state index in [0.29, 0.717) is 0 Å². The minimum atomic E-state index is 0.0729. The lowest BCUT2D eigenvalue weighted by atomic mass is 9.84. The molecule has 1 saturated heterocycles. The molecule has 1 aromatic carbocycles. The number of ether oxygens (including phenoxy) is 2. The van der Waals surface area contributed by atoms with Crippen LogP contribution < -0.4 is 10.1 Å². The average Bonchev–Trinajstić information content (AvgIpc) is 2.37. The molecule has 1 aliphatic rings. The van der Waals surface area contributed by atoms with E-state index in [1.807, 2.05) is 0 Å². The average molecular weight is 249 g/mol. The highest BCUT2D eigenvalue weighted by atomic mass is 16.5. The summed E-state index contributed by atoms with van der Waals surface area (Å²) in [5.74, 6) is 0.971. The van der Waals surface area contributed by atoms with Gasteiger partial charge in [-0.1, -0.05) is 39.0 Å². The first-order valence-electron chi connectivity index (χ1n) is 6.53. The van der Waals surface area contributed by atoms with Gasteiger partial charge in [-0.05, 0) is 11.0 Å². The Morgan fingerprint density at radius 3 is 2.67 bits per heavy atom. The van der Waals surface area contributed by atoms with E-state index in [9.17, 15) is 0 Å².